The Morgan fingerprint density at radius 3 is 2.85 bits per heavy atom. The molecule has 0 atom stereocenters. The SMILES string of the molecule is Cn1cc(C(=O)NC2CCN(C3=CC=CNN3)CC2)c2cc[nH]c2c1=O. The monoisotopic (exact) mass is 354 g/mol. The van der Waals surface area contributed by atoms with E-state index in [1.165, 1.54) is 4.57 Å². The molecule has 0 aromatic carbocycles. The average Bonchev–Trinajstić information content (AvgIpc) is 3.16. The molecule has 0 bridgehead atoms. The van der Waals surface area contributed by atoms with Gasteiger partial charge in [0.25, 0.3) is 11.5 Å². The molecule has 1 fully saturated rings. The number of carbonyl (C=O) groups is 1. The van der Waals surface area contributed by atoms with Crippen LogP contribution in [-0.4, -0.2) is 39.5 Å². The first-order chi connectivity index (χ1) is 12.6. The van der Waals surface area contributed by atoms with Crippen molar-refractivity contribution in [3.05, 3.63) is 58.6 Å². The maximum Gasteiger partial charge on any atom is 0.274 e. The van der Waals surface area contributed by atoms with Gasteiger partial charge < -0.3 is 25.2 Å². The molecule has 4 N–H and O–H groups in total. The average molecular weight is 354 g/mol. The Balaban J connectivity index is 1.44. The fourth-order valence-corrected chi connectivity index (χ4v) is 3.51. The van der Waals surface area contributed by atoms with Crippen LogP contribution in [0.25, 0.3) is 10.9 Å². The van der Waals surface area contributed by atoms with Crippen LogP contribution >= 0.6 is 0 Å². The van der Waals surface area contributed by atoms with E-state index in [1.54, 1.807) is 25.5 Å². The van der Waals surface area contributed by atoms with Gasteiger partial charge in [0, 0.05) is 50.2 Å². The third-order valence-electron chi connectivity index (χ3n) is 4.94. The van der Waals surface area contributed by atoms with E-state index in [4.69, 9.17) is 0 Å². The zero-order valence-electron chi connectivity index (χ0n) is 14.6. The highest BCUT2D eigenvalue weighted by atomic mass is 16.2. The lowest BCUT2D eigenvalue weighted by Gasteiger charge is -2.36. The molecule has 8 heteroatoms. The molecule has 1 saturated heterocycles. The van der Waals surface area contributed by atoms with Crippen LogP contribution in [-0.2, 0) is 7.05 Å². The number of piperidine rings is 1. The number of carbonyl (C=O) groups excluding carboxylic acids is 1. The number of H-pyrrole nitrogens is 1. The summed E-state index contributed by atoms with van der Waals surface area (Å²) in [5.74, 6) is 0.910. The summed E-state index contributed by atoms with van der Waals surface area (Å²) in [5, 5.41) is 3.79. The van der Waals surface area contributed by atoms with Crippen molar-refractivity contribution in [2.45, 2.75) is 18.9 Å². The Kier molecular flexibility index (Phi) is 4.16. The van der Waals surface area contributed by atoms with Crippen molar-refractivity contribution in [1.82, 2.24) is 30.6 Å². The normalized spacial score (nSPS) is 17.6. The van der Waals surface area contributed by atoms with E-state index in [0.717, 1.165) is 31.8 Å². The van der Waals surface area contributed by atoms with Crippen molar-refractivity contribution in [2.75, 3.05) is 13.1 Å². The van der Waals surface area contributed by atoms with E-state index in [0.29, 0.717) is 16.5 Å². The number of allylic oxidation sites excluding steroid dienone is 2. The lowest BCUT2D eigenvalue weighted by Crippen LogP contribution is -2.47. The van der Waals surface area contributed by atoms with Gasteiger partial charge in [0.1, 0.15) is 11.3 Å². The second kappa shape index (κ2) is 6.62. The fraction of sp³-hybridized carbons (Fsp3) is 0.333. The lowest BCUT2D eigenvalue weighted by molar-refractivity contribution is 0.0917. The van der Waals surface area contributed by atoms with Crippen LogP contribution in [0.3, 0.4) is 0 Å². The second-order valence-electron chi connectivity index (χ2n) is 6.64. The number of likely N-dealkylation sites (tertiary alicyclic amines) is 1. The lowest BCUT2D eigenvalue weighted by atomic mass is 10.0. The largest absolute Gasteiger partial charge is 0.357 e. The van der Waals surface area contributed by atoms with E-state index in [2.05, 4.69) is 26.1 Å². The van der Waals surface area contributed by atoms with Crippen LogP contribution in [0.2, 0.25) is 0 Å². The summed E-state index contributed by atoms with van der Waals surface area (Å²) in [6.07, 6.45) is 10.9. The van der Waals surface area contributed by atoms with Crippen LogP contribution in [0.1, 0.15) is 23.2 Å². The van der Waals surface area contributed by atoms with Crippen LogP contribution in [0, 0.1) is 0 Å². The maximum absolute atomic E-state index is 12.8. The number of aromatic amines is 1. The molecular weight excluding hydrogens is 332 g/mol. The Labute approximate surface area is 150 Å². The predicted molar refractivity (Wildman–Crippen MR) is 99.1 cm³/mol. The Morgan fingerprint density at radius 2 is 2.12 bits per heavy atom. The summed E-state index contributed by atoms with van der Waals surface area (Å²) in [6, 6.07) is 1.90. The smallest absolute Gasteiger partial charge is 0.274 e. The number of aryl methyl sites for hydroxylation is 1. The van der Waals surface area contributed by atoms with Gasteiger partial charge in [-0.1, -0.05) is 0 Å². The minimum Gasteiger partial charge on any atom is -0.357 e. The number of rotatable bonds is 3. The van der Waals surface area contributed by atoms with E-state index in [1.807, 2.05) is 18.4 Å². The summed E-state index contributed by atoms with van der Waals surface area (Å²) in [5.41, 5.74) is 6.96. The van der Waals surface area contributed by atoms with Crippen LogP contribution in [0.4, 0.5) is 0 Å². The maximum atomic E-state index is 12.8. The molecule has 2 aromatic rings. The number of fused-ring (bicyclic) bond motifs is 1. The standard InChI is InChI=1S/C18H22N6O2/c1-23-11-14(13-4-8-19-16(13)18(23)26)17(25)21-12-5-9-24(10-6-12)15-3-2-7-20-22-15/h2-4,7-8,11-12,19-20,22H,5-6,9-10H2,1H3,(H,21,25). The molecule has 2 aliphatic heterocycles. The molecule has 136 valence electrons. The zero-order chi connectivity index (χ0) is 18.1. The first kappa shape index (κ1) is 16.3. The molecule has 1 amide bonds. The number of nitrogens with zero attached hydrogens (tertiary/aromatic N) is 2. The number of hydrogen-bond acceptors (Lipinski definition) is 5. The van der Waals surface area contributed by atoms with E-state index >= 15 is 0 Å². The number of nitrogens with one attached hydrogen (secondary N) is 4. The quantitative estimate of drug-likeness (QED) is 0.645. The Bertz CT molecular complexity index is 946. The van der Waals surface area contributed by atoms with Gasteiger partial charge in [-0.05, 0) is 31.1 Å². The van der Waals surface area contributed by atoms with E-state index < -0.39 is 0 Å². The first-order valence-corrected chi connectivity index (χ1v) is 8.74. The second-order valence-corrected chi connectivity index (χ2v) is 6.64. The van der Waals surface area contributed by atoms with Crippen LogP contribution in [0.15, 0.2) is 47.4 Å². The molecule has 8 nitrogen and oxygen atoms in total. The van der Waals surface area contributed by atoms with Crippen molar-refractivity contribution in [2.24, 2.45) is 7.05 Å². The molecular formula is C18H22N6O2. The number of amides is 1. The highest BCUT2D eigenvalue weighted by Gasteiger charge is 2.24. The van der Waals surface area contributed by atoms with Gasteiger partial charge >= 0.3 is 0 Å². The van der Waals surface area contributed by atoms with Crippen molar-refractivity contribution < 1.29 is 4.79 Å². The minimum absolute atomic E-state index is 0.123. The molecule has 0 unspecified atom stereocenters. The van der Waals surface area contributed by atoms with Crippen LogP contribution in [0.5, 0.6) is 0 Å². The van der Waals surface area contributed by atoms with Gasteiger partial charge in [0.15, 0.2) is 0 Å². The highest BCUT2D eigenvalue weighted by Crippen LogP contribution is 2.17. The van der Waals surface area contributed by atoms with Gasteiger partial charge in [-0.15, -0.1) is 0 Å². The zero-order valence-corrected chi connectivity index (χ0v) is 14.6. The van der Waals surface area contributed by atoms with Crippen LogP contribution < -0.4 is 21.7 Å². The van der Waals surface area contributed by atoms with Gasteiger partial charge in [-0.25, -0.2) is 0 Å². The number of aromatic nitrogens is 2. The summed E-state index contributed by atoms with van der Waals surface area (Å²) in [4.78, 5) is 30.1. The van der Waals surface area contributed by atoms with E-state index in [9.17, 15) is 9.59 Å². The molecule has 0 saturated carbocycles. The van der Waals surface area contributed by atoms with E-state index in [-0.39, 0.29) is 17.5 Å². The van der Waals surface area contributed by atoms with Crippen molar-refractivity contribution >= 4 is 16.8 Å². The topological polar surface area (TPSA) is 94.2 Å². The van der Waals surface area contributed by atoms with Crippen molar-refractivity contribution in [3.8, 4) is 0 Å². The van der Waals surface area contributed by atoms with Gasteiger partial charge in [-0.3, -0.25) is 15.0 Å². The summed E-state index contributed by atoms with van der Waals surface area (Å²) >= 11 is 0. The van der Waals surface area contributed by atoms with Gasteiger partial charge in [0.05, 0.1) is 5.56 Å². The summed E-state index contributed by atoms with van der Waals surface area (Å²) < 4.78 is 1.44. The third kappa shape index (κ3) is 2.94. The molecule has 2 aromatic heterocycles. The molecule has 0 radical (unpaired) electrons. The highest BCUT2D eigenvalue weighted by molar-refractivity contribution is 6.06. The number of hydrogen-bond donors (Lipinski definition) is 4. The predicted octanol–water partition coefficient (Wildman–Crippen LogP) is 0.524. The molecule has 0 aliphatic carbocycles. The number of pyridine rings is 1. The summed E-state index contributed by atoms with van der Waals surface area (Å²) in [6.45, 7) is 1.73. The molecule has 4 rings (SSSR count). The van der Waals surface area contributed by atoms with Gasteiger partial charge in [0.2, 0.25) is 0 Å². The Hall–Kier alpha value is -3.16. The molecule has 0 spiro atoms. The molecule has 26 heavy (non-hydrogen) atoms. The fourth-order valence-electron chi connectivity index (χ4n) is 3.51. The third-order valence-corrected chi connectivity index (χ3v) is 4.94. The number of hydrazine groups is 1. The summed E-state index contributed by atoms with van der Waals surface area (Å²) in [7, 11) is 1.66. The van der Waals surface area contributed by atoms with Crippen molar-refractivity contribution in [3.63, 3.8) is 0 Å². The Morgan fingerprint density at radius 1 is 1.31 bits per heavy atom. The molecule has 4 heterocycles. The molecule has 2 aliphatic rings. The van der Waals surface area contributed by atoms with Gasteiger partial charge in [-0.2, -0.15) is 0 Å². The van der Waals surface area contributed by atoms with Crippen molar-refractivity contribution in [1.29, 1.82) is 0 Å². The first-order valence-electron chi connectivity index (χ1n) is 8.74. The minimum atomic E-state index is -0.136.